The molecule has 2 rings (SSSR count). The highest BCUT2D eigenvalue weighted by Crippen LogP contribution is 2.20. The van der Waals surface area contributed by atoms with Crippen molar-refractivity contribution < 1.29 is 14.5 Å². The van der Waals surface area contributed by atoms with Gasteiger partial charge >= 0.3 is 0 Å². The standard InChI is InChI=1S/C17H15N3O4/c1-13-15(7-4-8-16(13)20(22)23)17(21)19-10-2-3-11-24-14-6-5-9-18-12-14/h4-9,12H,10-11H2,1H3,(H,19,21). The van der Waals surface area contributed by atoms with E-state index in [0.717, 1.165) is 0 Å². The Morgan fingerprint density at radius 1 is 1.33 bits per heavy atom. The topological polar surface area (TPSA) is 94.4 Å². The maximum Gasteiger partial charge on any atom is 0.273 e. The van der Waals surface area contributed by atoms with Gasteiger partial charge in [0.2, 0.25) is 0 Å². The van der Waals surface area contributed by atoms with E-state index in [4.69, 9.17) is 4.74 Å². The Morgan fingerprint density at radius 2 is 2.17 bits per heavy atom. The Bertz CT molecular complexity index is 794. The number of rotatable bonds is 5. The van der Waals surface area contributed by atoms with Crippen LogP contribution in [0.15, 0.2) is 42.7 Å². The number of nitrogens with one attached hydrogen (secondary N) is 1. The molecule has 7 heteroatoms. The average molecular weight is 325 g/mol. The molecule has 0 saturated heterocycles. The fourth-order valence-corrected chi connectivity index (χ4v) is 1.95. The lowest BCUT2D eigenvalue weighted by Gasteiger charge is -2.05. The summed E-state index contributed by atoms with van der Waals surface area (Å²) in [5.74, 6) is 5.72. The summed E-state index contributed by atoms with van der Waals surface area (Å²) < 4.78 is 5.34. The molecule has 122 valence electrons. The van der Waals surface area contributed by atoms with Crippen molar-refractivity contribution in [2.24, 2.45) is 0 Å². The maximum absolute atomic E-state index is 12.1. The van der Waals surface area contributed by atoms with E-state index in [0.29, 0.717) is 11.3 Å². The first kappa shape index (κ1) is 17.0. The molecule has 0 atom stereocenters. The molecule has 0 unspecified atom stereocenters. The second-order valence-corrected chi connectivity index (χ2v) is 4.72. The van der Waals surface area contributed by atoms with Crippen LogP contribution in [0.4, 0.5) is 5.69 Å². The highest BCUT2D eigenvalue weighted by molar-refractivity contribution is 5.96. The van der Waals surface area contributed by atoms with E-state index in [1.165, 1.54) is 18.2 Å². The van der Waals surface area contributed by atoms with Crippen LogP contribution in [0.2, 0.25) is 0 Å². The van der Waals surface area contributed by atoms with Crippen molar-refractivity contribution in [1.29, 1.82) is 0 Å². The molecule has 0 radical (unpaired) electrons. The number of ether oxygens (including phenoxy) is 1. The van der Waals surface area contributed by atoms with Gasteiger partial charge < -0.3 is 10.1 Å². The SMILES string of the molecule is Cc1c(C(=O)NCC#CCOc2cccnc2)cccc1[N+](=O)[O-]. The number of hydrogen-bond acceptors (Lipinski definition) is 5. The molecular formula is C17H15N3O4. The van der Waals surface area contributed by atoms with E-state index >= 15 is 0 Å². The number of aromatic nitrogens is 1. The molecule has 24 heavy (non-hydrogen) atoms. The van der Waals surface area contributed by atoms with Gasteiger partial charge in [-0.15, -0.1) is 0 Å². The van der Waals surface area contributed by atoms with E-state index in [2.05, 4.69) is 22.1 Å². The molecule has 1 heterocycles. The first-order valence-electron chi connectivity index (χ1n) is 7.10. The van der Waals surface area contributed by atoms with Gasteiger partial charge in [0.25, 0.3) is 11.6 Å². The van der Waals surface area contributed by atoms with E-state index in [-0.39, 0.29) is 24.4 Å². The quantitative estimate of drug-likeness (QED) is 0.516. The first-order valence-corrected chi connectivity index (χ1v) is 7.10. The van der Waals surface area contributed by atoms with Crippen LogP contribution in [0.1, 0.15) is 15.9 Å². The zero-order valence-corrected chi connectivity index (χ0v) is 13.0. The third-order valence-corrected chi connectivity index (χ3v) is 3.15. The Labute approximate surface area is 138 Å². The van der Waals surface area contributed by atoms with Crippen LogP contribution in [-0.4, -0.2) is 29.0 Å². The molecule has 0 aliphatic carbocycles. The number of amides is 1. The molecule has 1 N–H and O–H groups in total. The lowest BCUT2D eigenvalue weighted by atomic mass is 10.1. The summed E-state index contributed by atoms with van der Waals surface area (Å²) in [6, 6.07) is 7.90. The summed E-state index contributed by atoms with van der Waals surface area (Å²) in [4.78, 5) is 26.3. The Balaban J connectivity index is 1.85. The normalized spacial score (nSPS) is 9.54. The Kier molecular flexibility index (Phi) is 5.86. The van der Waals surface area contributed by atoms with Crippen molar-refractivity contribution in [2.75, 3.05) is 13.2 Å². The van der Waals surface area contributed by atoms with E-state index in [1.54, 1.807) is 31.5 Å². The van der Waals surface area contributed by atoms with Gasteiger partial charge in [-0.3, -0.25) is 19.9 Å². The number of benzene rings is 1. The van der Waals surface area contributed by atoms with Crippen LogP contribution in [-0.2, 0) is 0 Å². The van der Waals surface area contributed by atoms with Gasteiger partial charge in [-0.05, 0) is 25.1 Å². The number of nitro benzene ring substituents is 1. The second-order valence-electron chi connectivity index (χ2n) is 4.72. The summed E-state index contributed by atoms with van der Waals surface area (Å²) in [7, 11) is 0. The predicted molar refractivity (Wildman–Crippen MR) is 87.7 cm³/mol. The smallest absolute Gasteiger partial charge is 0.273 e. The van der Waals surface area contributed by atoms with Crippen LogP contribution in [0, 0.1) is 28.9 Å². The number of carbonyl (C=O) groups excluding carboxylic acids is 1. The third-order valence-electron chi connectivity index (χ3n) is 3.15. The van der Waals surface area contributed by atoms with Crippen molar-refractivity contribution in [3.63, 3.8) is 0 Å². The molecule has 2 aromatic rings. The number of hydrogen-bond donors (Lipinski definition) is 1. The summed E-state index contributed by atoms with van der Waals surface area (Å²) in [6.45, 7) is 1.84. The van der Waals surface area contributed by atoms with Gasteiger partial charge in [0, 0.05) is 23.4 Å². The van der Waals surface area contributed by atoms with Crippen LogP contribution in [0.3, 0.4) is 0 Å². The van der Waals surface area contributed by atoms with E-state index in [1.807, 2.05) is 0 Å². The first-order chi connectivity index (χ1) is 11.6. The molecule has 1 aromatic carbocycles. The minimum Gasteiger partial charge on any atom is -0.479 e. The third kappa shape index (κ3) is 4.55. The highest BCUT2D eigenvalue weighted by Gasteiger charge is 2.17. The zero-order valence-electron chi connectivity index (χ0n) is 13.0. The summed E-state index contributed by atoms with van der Waals surface area (Å²) in [5, 5.41) is 13.5. The average Bonchev–Trinajstić information content (AvgIpc) is 2.58. The molecule has 7 nitrogen and oxygen atoms in total. The van der Waals surface area contributed by atoms with Crippen molar-refractivity contribution in [2.45, 2.75) is 6.92 Å². The lowest BCUT2D eigenvalue weighted by Crippen LogP contribution is -2.24. The number of nitro groups is 1. The van der Waals surface area contributed by atoms with Crippen LogP contribution in [0.25, 0.3) is 0 Å². The zero-order chi connectivity index (χ0) is 17.4. The maximum atomic E-state index is 12.1. The second kappa shape index (κ2) is 8.29. The molecule has 0 spiro atoms. The van der Waals surface area contributed by atoms with Crippen molar-refractivity contribution >= 4 is 11.6 Å². The number of pyridine rings is 1. The Morgan fingerprint density at radius 3 is 2.88 bits per heavy atom. The van der Waals surface area contributed by atoms with Gasteiger partial charge in [0.05, 0.1) is 17.7 Å². The van der Waals surface area contributed by atoms with Crippen LogP contribution in [0.5, 0.6) is 5.75 Å². The fourth-order valence-electron chi connectivity index (χ4n) is 1.95. The minimum atomic E-state index is -0.512. The molecule has 0 fully saturated rings. The number of nitrogens with zero attached hydrogens (tertiary/aromatic N) is 2. The fraction of sp³-hybridized carbons (Fsp3) is 0.176. The molecule has 1 aromatic heterocycles. The van der Waals surface area contributed by atoms with E-state index in [9.17, 15) is 14.9 Å². The molecular weight excluding hydrogens is 310 g/mol. The van der Waals surface area contributed by atoms with Crippen molar-refractivity contribution in [1.82, 2.24) is 10.3 Å². The Hall–Kier alpha value is -3.40. The van der Waals surface area contributed by atoms with Crippen LogP contribution < -0.4 is 10.1 Å². The monoisotopic (exact) mass is 325 g/mol. The lowest BCUT2D eigenvalue weighted by molar-refractivity contribution is -0.385. The summed E-state index contributed by atoms with van der Waals surface area (Å²) >= 11 is 0. The highest BCUT2D eigenvalue weighted by atomic mass is 16.6. The number of carbonyl (C=O) groups is 1. The van der Waals surface area contributed by atoms with E-state index < -0.39 is 10.8 Å². The minimum absolute atomic E-state index is 0.0846. The van der Waals surface area contributed by atoms with Gasteiger partial charge in [0.1, 0.15) is 12.4 Å². The molecule has 0 aliphatic heterocycles. The molecule has 0 saturated carbocycles. The van der Waals surface area contributed by atoms with Gasteiger partial charge in [0.15, 0.2) is 0 Å². The summed E-state index contributed by atoms with van der Waals surface area (Å²) in [5.41, 5.74) is 0.504. The molecule has 1 amide bonds. The van der Waals surface area contributed by atoms with Crippen molar-refractivity contribution in [3.05, 3.63) is 64.0 Å². The van der Waals surface area contributed by atoms with Crippen LogP contribution >= 0.6 is 0 Å². The molecule has 0 aliphatic rings. The molecule has 0 bridgehead atoms. The summed E-state index contributed by atoms with van der Waals surface area (Å²) in [6.07, 6.45) is 3.22. The predicted octanol–water partition coefficient (Wildman–Crippen LogP) is 2.11. The van der Waals surface area contributed by atoms with Gasteiger partial charge in [-0.2, -0.15) is 0 Å². The largest absolute Gasteiger partial charge is 0.479 e. The van der Waals surface area contributed by atoms with Gasteiger partial charge in [-0.1, -0.05) is 17.9 Å². The van der Waals surface area contributed by atoms with Gasteiger partial charge in [-0.25, -0.2) is 0 Å². The van der Waals surface area contributed by atoms with Crippen molar-refractivity contribution in [3.8, 4) is 17.6 Å².